The van der Waals surface area contributed by atoms with E-state index in [2.05, 4.69) is 33.1 Å². The van der Waals surface area contributed by atoms with Crippen LogP contribution in [-0.2, 0) is 0 Å². The lowest BCUT2D eigenvalue weighted by molar-refractivity contribution is 1.20. The standard InChI is InChI=1S/C15H14N4/c1-4-10-13(9(2)3)19-15(16-10)14-17-11-7-5-6-8-12(11)18-14/h4-8H,1-2H2,3H3,(H,16,19)(H,17,18). The summed E-state index contributed by atoms with van der Waals surface area (Å²) in [7, 11) is 0. The molecular formula is C15H14N4. The van der Waals surface area contributed by atoms with E-state index >= 15 is 0 Å². The van der Waals surface area contributed by atoms with Crippen LogP contribution in [-0.4, -0.2) is 19.9 Å². The molecule has 1 aromatic carbocycles. The largest absolute Gasteiger partial charge is 0.335 e. The van der Waals surface area contributed by atoms with Crippen LogP contribution in [0, 0.1) is 0 Å². The monoisotopic (exact) mass is 250 g/mol. The summed E-state index contributed by atoms with van der Waals surface area (Å²) in [6.07, 6.45) is 1.74. The quantitative estimate of drug-likeness (QED) is 0.745. The SMILES string of the molecule is C=Cc1[nH]c(-c2nc3ccccc3[nH]2)nc1C(=C)C. The molecule has 0 bridgehead atoms. The summed E-state index contributed by atoms with van der Waals surface area (Å²) < 4.78 is 0. The highest BCUT2D eigenvalue weighted by Gasteiger charge is 2.13. The van der Waals surface area contributed by atoms with E-state index in [4.69, 9.17) is 0 Å². The lowest BCUT2D eigenvalue weighted by atomic mass is 10.2. The van der Waals surface area contributed by atoms with Crippen LogP contribution in [0.15, 0.2) is 37.4 Å². The number of aromatic amines is 2. The van der Waals surface area contributed by atoms with Gasteiger partial charge in [-0.25, -0.2) is 9.97 Å². The Bertz CT molecular complexity index is 743. The third kappa shape index (κ3) is 1.87. The smallest absolute Gasteiger partial charge is 0.174 e. The Labute approximate surface area is 110 Å². The van der Waals surface area contributed by atoms with Gasteiger partial charge in [0.2, 0.25) is 0 Å². The molecule has 0 fully saturated rings. The molecule has 94 valence electrons. The van der Waals surface area contributed by atoms with Gasteiger partial charge in [-0.15, -0.1) is 0 Å². The Balaban J connectivity index is 2.15. The maximum Gasteiger partial charge on any atom is 0.174 e. The van der Waals surface area contributed by atoms with Crippen molar-refractivity contribution in [2.24, 2.45) is 0 Å². The van der Waals surface area contributed by atoms with E-state index in [1.807, 2.05) is 31.2 Å². The summed E-state index contributed by atoms with van der Waals surface area (Å²) >= 11 is 0. The number of imidazole rings is 2. The van der Waals surface area contributed by atoms with Gasteiger partial charge < -0.3 is 9.97 Å². The van der Waals surface area contributed by atoms with E-state index in [1.54, 1.807) is 6.08 Å². The number of para-hydroxylation sites is 2. The molecule has 3 rings (SSSR count). The summed E-state index contributed by atoms with van der Waals surface area (Å²) in [4.78, 5) is 15.5. The Morgan fingerprint density at radius 3 is 2.53 bits per heavy atom. The molecule has 0 unspecified atom stereocenters. The number of allylic oxidation sites excluding steroid dienone is 1. The van der Waals surface area contributed by atoms with Crippen LogP contribution < -0.4 is 0 Å². The summed E-state index contributed by atoms with van der Waals surface area (Å²) in [5, 5.41) is 0. The molecule has 0 radical (unpaired) electrons. The van der Waals surface area contributed by atoms with Crippen LogP contribution in [0.3, 0.4) is 0 Å². The number of fused-ring (bicyclic) bond motifs is 1. The number of nitrogens with one attached hydrogen (secondary N) is 2. The minimum Gasteiger partial charge on any atom is -0.335 e. The van der Waals surface area contributed by atoms with E-state index in [0.717, 1.165) is 33.8 Å². The van der Waals surface area contributed by atoms with Crippen molar-refractivity contribution < 1.29 is 0 Å². The Kier molecular flexibility index (Phi) is 2.56. The summed E-state index contributed by atoms with van der Waals surface area (Å²) in [6, 6.07) is 7.89. The highest BCUT2D eigenvalue weighted by Crippen LogP contribution is 2.22. The number of nitrogens with zero attached hydrogens (tertiary/aromatic N) is 2. The second-order valence-corrected chi connectivity index (χ2v) is 4.43. The Morgan fingerprint density at radius 1 is 1.16 bits per heavy atom. The molecule has 0 atom stereocenters. The number of aromatic nitrogens is 4. The first kappa shape index (κ1) is 11.5. The molecule has 2 N–H and O–H groups in total. The molecule has 4 nitrogen and oxygen atoms in total. The fraction of sp³-hybridized carbons (Fsp3) is 0.0667. The van der Waals surface area contributed by atoms with Crippen molar-refractivity contribution >= 4 is 22.7 Å². The normalized spacial score (nSPS) is 10.8. The molecule has 0 aliphatic rings. The molecule has 0 spiro atoms. The number of hydrogen-bond donors (Lipinski definition) is 2. The molecule has 2 heterocycles. The third-order valence-corrected chi connectivity index (χ3v) is 2.95. The van der Waals surface area contributed by atoms with Gasteiger partial charge in [-0.1, -0.05) is 25.3 Å². The van der Waals surface area contributed by atoms with Crippen molar-refractivity contribution in [1.29, 1.82) is 0 Å². The Morgan fingerprint density at radius 2 is 1.89 bits per heavy atom. The van der Waals surface area contributed by atoms with Gasteiger partial charge in [0.25, 0.3) is 0 Å². The van der Waals surface area contributed by atoms with E-state index in [1.165, 1.54) is 0 Å². The van der Waals surface area contributed by atoms with Crippen LogP contribution in [0.25, 0.3) is 34.3 Å². The number of H-pyrrole nitrogens is 2. The molecule has 0 amide bonds. The first-order chi connectivity index (χ1) is 9.19. The van der Waals surface area contributed by atoms with Gasteiger partial charge >= 0.3 is 0 Å². The zero-order valence-corrected chi connectivity index (χ0v) is 10.7. The van der Waals surface area contributed by atoms with E-state index in [9.17, 15) is 0 Å². The number of rotatable bonds is 3. The number of hydrogen-bond acceptors (Lipinski definition) is 2. The topological polar surface area (TPSA) is 57.4 Å². The maximum absolute atomic E-state index is 4.53. The molecule has 3 aromatic rings. The zero-order valence-electron chi connectivity index (χ0n) is 10.7. The average molecular weight is 250 g/mol. The van der Waals surface area contributed by atoms with Gasteiger partial charge in [-0.2, -0.15) is 0 Å². The predicted molar refractivity (Wildman–Crippen MR) is 78.5 cm³/mol. The van der Waals surface area contributed by atoms with Gasteiger partial charge in [-0.05, 0) is 30.7 Å². The van der Waals surface area contributed by atoms with Crippen molar-refractivity contribution in [3.05, 3.63) is 48.8 Å². The van der Waals surface area contributed by atoms with Crippen LogP contribution in [0.4, 0.5) is 0 Å². The Hall–Kier alpha value is -2.62. The summed E-state index contributed by atoms with van der Waals surface area (Å²) in [5.41, 5.74) is 4.50. The van der Waals surface area contributed by atoms with Gasteiger partial charge in [0.15, 0.2) is 11.6 Å². The van der Waals surface area contributed by atoms with Gasteiger partial charge in [0, 0.05) is 0 Å². The van der Waals surface area contributed by atoms with Crippen LogP contribution >= 0.6 is 0 Å². The molecule has 0 saturated carbocycles. The van der Waals surface area contributed by atoms with Crippen LogP contribution in [0.2, 0.25) is 0 Å². The zero-order chi connectivity index (χ0) is 13.4. The van der Waals surface area contributed by atoms with E-state index in [0.29, 0.717) is 5.82 Å². The molecule has 19 heavy (non-hydrogen) atoms. The second kappa shape index (κ2) is 4.24. The molecular weight excluding hydrogens is 236 g/mol. The lowest BCUT2D eigenvalue weighted by Crippen LogP contribution is -1.83. The fourth-order valence-electron chi connectivity index (χ4n) is 2.04. The summed E-state index contributed by atoms with van der Waals surface area (Å²) in [6.45, 7) is 9.63. The first-order valence-electron chi connectivity index (χ1n) is 6.02. The minimum absolute atomic E-state index is 0.698. The third-order valence-electron chi connectivity index (χ3n) is 2.95. The fourth-order valence-corrected chi connectivity index (χ4v) is 2.04. The van der Waals surface area contributed by atoms with Gasteiger partial charge in [-0.3, -0.25) is 0 Å². The van der Waals surface area contributed by atoms with Gasteiger partial charge in [0.05, 0.1) is 22.4 Å². The van der Waals surface area contributed by atoms with E-state index in [-0.39, 0.29) is 0 Å². The first-order valence-corrected chi connectivity index (χ1v) is 6.02. The lowest BCUT2D eigenvalue weighted by Gasteiger charge is -1.92. The predicted octanol–water partition coefficient (Wildman–Crippen LogP) is 3.63. The molecule has 0 aliphatic carbocycles. The van der Waals surface area contributed by atoms with E-state index < -0.39 is 0 Å². The number of benzene rings is 1. The van der Waals surface area contributed by atoms with Crippen molar-refractivity contribution in [3.8, 4) is 11.6 Å². The average Bonchev–Trinajstić information content (AvgIpc) is 3.02. The molecule has 0 saturated heterocycles. The van der Waals surface area contributed by atoms with Crippen LogP contribution in [0.1, 0.15) is 18.3 Å². The highest BCUT2D eigenvalue weighted by molar-refractivity contribution is 5.79. The minimum atomic E-state index is 0.698. The van der Waals surface area contributed by atoms with Crippen LogP contribution in [0.5, 0.6) is 0 Å². The van der Waals surface area contributed by atoms with Gasteiger partial charge in [0.1, 0.15) is 0 Å². The highest BCUT2D eigenvalue weighted by atomic mass is 15.0. The molecule has 2 aromatic heterocycles. The van der Waals surface area contributed by atoms with Crippen molar-refractivity contribution in [1.82, 2.24) is 19.9 Å². The molecule has 0 aliphatic heterocycles. The second-order valence-electron chi connectivity index (χ2n) is 4.43. The molecule has 4 heteroatoms. The summed E-state index contributed by atoms with van der Waals surface area (Å²) in [5.74, 6) is 1.42. The van der Waals surface area contributed by atoms with Crippen molar-refractivity contribution in [3.63, 3.8) is 0 Å². The van der Waals surface area contributed by atoms with Crippen molar-refractivity contribution in [2.75, 3.05) is 0 Å². The maximum atomic E-state index is 4.53. The van der Waals surface area contributed by atoms with Crippen molar-refractivity contribution in [2.45, 2.75) is 6.92 Å².